The Morgan fingerprint density at radius 3 is 2.50 bits per heavy atom. The van der Waals surface area contributed by atoms with Gasteiger partial charge in [0.2, 0.25) is 5.91 Å². The van der Waals surface area contributed by atoms with E-state index in [2.05, 4.69) is 5.32 Å². The van der Waals surface area contributed by atoms with Crippen LogP contribution in [0.4, 0.5) is 0 Å². The molecule has 1 fully saturated rings. The van der Waals surface area contributed by atoms with Gasteiger partial charge in [-0.2, -0.15) is 0 Å². The van der Waals surface area contributed by atoms with Gasteiger partial charge in [-0.1, -0.05) is 36.5 Å². The van der Waals surface area contributed by atoms with E-state index >= 15 is 0 Å². The van der Waals surface area contributed by atoms with Crippen molar-refractivity contribution in [2.45, 2.75) is 52.0 Å². The summed E-state index contributed by atoms with van der Waals surface area (Å²) in [5.41, 5.74) is 0.636. The predicted octanol–water partition coefficient (Wildman–Crippen LogP) is 4.38. The zero-order valence-electron chi connectivity index (χ0n) is 18.2. The molecule has 1 aliphatic rings. The molecule has 1 saturated heterocycles. The van der Waals surface area contributed by atoms with Gasteiger partial charge in [-0.05, 0) is 57.4 Å². The van der Waals surface area contributed by atoms with Crippen LogP contribution in [0.2, 0.25) is 0 Å². The van der Waals surface area contributed by atoms with Gasteiger partial charge in [-0.25, -0.2) is 0 Å². The normalized spacial score (nSPS) is 15.6. The molecule has 1 heterocycles. The Morgan fingerprint density at radius 1 is 1.17 bits per heavy atom. The molecule has 0 radical (unpaired) electrons. The van der Waals surface area contributed by atoms with Crippen molar-refractivity contribution in [3.8, 4) is 11.5 Å². The molecule has 1 aliphatic heterocycles. The van der Waals surface area contributed by atoms with Crippen LogP contribution in [0.25, 0.3) is 6.08 Å². The molecule has 164 valence electrons. The average Bonchev–Trinajstić information content (AvgIpc) is 2.93. The van der Waals surface area contributed by atoms with Gasteiger partial charge in [0.25, 0.3) is 5.91 Å². The molecule has 2 rings (SSSR count). The summed E-state index contributed by atoms with van der Waals surface area (Å²) in [6.45, 7) is 6.47. The van der Waals surface area contributed by atoms with E-state index in [1.807, 2.05) is 39.0 Å². The maximum Gasteiger partial charge on any atom is 0.266 e. The van der Waals surface area contributed by atoms with E-state index in [1.165, 1.54) is 11.8 Å². The molecule has 0 spiro atoms. The second-order valence-electron chi connectivity index (χ2n) is 8.06. The number of benzene rings is 1. The van der Waals surface area contributed by atoms with E-state index in [9.17, 15) is 9.59 Å². The molecule has 0 atom stereocenters. The van der Waals surface area contributed by atoms with E-state index in [1.54, 1.807) is 25.2 Å². The summed E-state index contributed by atoms with van der Waals surface area (Å²) >= 11 is 6.70. The minimum Gasteiger partial charge on any atom is -0.493 e. The third kappa shape index (κ3) is 7.02. The van der Waals surface area contributed by atoms with Crippen LogP contribution < -0.4 is 14.8 Å². The third-order valence-corrected chi connectivity index (χ3v) is 5.76. The number of thioether (sulfide) groups is 1. The van der Waals surface area contributed by atoms with Crippen LogP contribution in [0.15, 0.2) is 23.1 Å². The Kier molecular flexibility index (Phi) is 8.73. The second kappa shape index (κ2) is 10.8. The molecule has 2 amide bonds. The first kappa shape index (κ1) is 24.2. The number of nitrogens with zero attached hydrogens (tertiary/aromatic N) is 1. The number of hydrogen-bond donors (Lipinski definition) is 1. The Labute approximate surface area is 188 Å². The molecule has 0 aromatic heterocycles. The first-order valence-electron chi connectivity index (χ1n) is 9.93. The number of ether oxygens (including phenoxy) is 2. The topological polar surface area (TPSA) is 67.9 Å². The predicted molar refractivity (Wildman–Crippen MR) is 126 cm³/mol. The van der Waals surface area contributed by atoms with Crippen LogP contribution >= 0.6 is 24.0 Å². The highest BCUT2D eigenvalue weighted by atomic mass is 32.2. The van der Waals surface area contributed by atoms with E-state index in [0.29, 0.717) is 33.7 Å². The monoisotopic (exact) mass is 450 g/mol. The smallest absolute Gasteiger partial charge is 0.266 e. The Hall–Kier alpha value is -2.06. The van der Waals surface area contributed by atoms with Crippen molar-refractivity contribution >= 4 is 46.2 Å². The summed E-state index contributed by atoms with van der Waals surface area (Å²) in [6, 6.07) is 5.51. The van der Waals surface area contributed by atoms with Crippen molar-refractivity contribution in [3.63, 3.8) is 0 Å². The van der Waals surface area contributed by atoms with Crippen molar-refractivity contribution in [2.24, 2.45) is 0 Å². The Balaban J connectivity index is 1.88. The van der Waals surface area contributed by atoms with Gasteiger partial charge in [0.05, 0.1) is 19.1 Å². The van der Waals surface area contributed by atoms with Gasteiger partial charge in [0, 0.05) is 18.5 Å². The highest BCUT2D eigenvalue weighted by molar-refractivity contribution is 8.26. The maximum absolute atomic E-state index is 12.8. The molecule has 1 aromatic carbocycles. The maximum atomic E-state index is 12.8. The zero-order valence-corrected chi connectivity index (χ0v) is 19.9. The first-order valence-corrected chi connectivity index (χ1v) is 11.2. The summed E-state index contributed by atoms with van der Waals surface area (Å²) in [4.78, 5) is 26.9. The number of hydrogen-bond acceptors (Lipinski definition) is 6. The lowest BCUT2D eigenvalue weighted by Gasteiger charge is -2.20. The summed E-state index contributed by atoms with van der Waals surface area (Å²) in [5, 5.41) is 2.96. The van der Waals surface area contributed by atoms with Crippen LogP contribution in [-0.2, 0) is 9.59 Å². The highest BCUT2D eigenvalue weighted by Crippen LogP contribution is 2.34. The number of methoxy groups -OCH3 is 2. The zero-order chi connectivity index (χ0) is 22.3. The Bertz CT molecular complexity index is 831. The molecule has 30 heavy (non-hydrogen) atoms. The molecular formula is C22H30N2O4S2. The highest BCUT2D eigenvalue weighted by Gasteiger charge is 2.31. The lowest BCUT2D eigenvalue weighted by Crippen LogP contribution is -2.40. The quantitative estimate of drug-likeness (QED) is 0.342. The number of nitrogens with one attached hydrogen (secondary N) is 1. The summed E-state index contributed by atoms with van der Waals surface area (Å²) in [6.07, 6.45) is 4.77. The van der Waals surface area contributed by atoms with Gasteiger partial charge >= 0.3 is 0 Å². The lowest BCUT2D eigenvalue weighted by molar-refractivity contribution is -0.123. The Morgan fingerprint density at radius 2 is 1.87 bits per heavy atom. The van der Waals surface area contributed by atoms with Gasteiger partial charge in [-0.15, -0.1) is 0 Å². The summed E-state index contributed by atoms with van der Waals surface area (Å²) in [5.74, 6) is 1.23. The number of amides is 2. The number of thiocarbonyl (C=S) groups is 1. The molecule has 6 nitrogen and oxygen atoms in total. The van der Waals surface area contributed by atoms with E-state index in [0.717, 1.165) is 24.8 Å². The number of unbranched alkanes of at least 4 members (excludes halogenated alkanes) is 2. The molecule has 0 bridgehead atoms. The van der Waals surface area contributed by atoms with Crippen LogP contribution in [0.5, 0.6) is 11.5 Å². The van der Waals surface area contributed by atoms with Crippen LogP contribution in [-0.4, -0.2) is 47.3 Å². The van der Waals surface area contributed by atoms with Crippen LogP contribution in [0, 0.1) is 0 Å². The average molecular weight is 451 g/mol. The van der Waals surface area contributed by atoms with Crippen molar-refractivity contribution in [2.75, 3.05) is 20.8 Å². The number of carbonyl (C=O) groups excluding carboxylic acids is 2. The number of carbonyl (C=O) groups is 2. The minimum absolute atomic E-state index is 0.0611. The van der Waals surface area contributed by atoms with Crippen molar-refractivity contribution in [3.05, 3.63) is 28.7 Å². The van der Waals surface area contributed by atoms with Crippen LogP contribution in [0.1, 0.15) is 52.0 Å². The van der Waals surface area contributed by atoms with E-state index in [-0.39, 0.29) is 17.4 Å². The van der Waals surface area contributed by atoms with E-state index < -0.39 is 0 Å². The summed E-state index contributed by atoms with van der Waals surface area (Å²) in [7, 11) is 3.16. The van der Waals surface area contributed by atoms with Gasteiger partial charge in [0.1, 0.15) is 4.32 Å². The first-order chi connectivity index (χ1) is 14.1. The SMILES string of the molecule is COc1ccc(C=C2SC(=S)N(CCCCCC(=O)NC(C)(C)C)C2=O)cc1OC. The fraction of sp³-hybridized carbons (Fsp3) is 0.500. The van der Waals surface area contributed by atoms with Gasteiger partial charge < -0.3 is 14.8 Å². The molecule has 1 aromatic rings. The largest absolute Gasteiger partial charge is 0.493 e. The van der Waals surface area contributed by atoms with Crippen molar-refractivity contribution < 1.29 is 19.1 Å². The number of rotatable bonds is 9. The minimum atomic E-state index is -0.209. The molecule has 0 aliphatic carbocycles. The van der Waals surface area contributed by atoms with Crippen LogP contribution in [0.3, 0.4) is 0 Å². The van der Waals surface area contributed by atoms with Gasteiger partial charge in [-0.3, -0.25) is 14.5 Å². The molecule has 8 heteroatoms. The molecular weight excluding hydrogens is 420 g/mol. The fourth-order valence-electron chi connectivity index (χ4n) is 3.00. The molecule has 1 N–H and O–H groups in total. The summed E-state index contributed by atoms with van der Waals surface area (Å²) < 4.78 is 11.1. The third-order valence-electron chi connectivity index (χ3n) is 4.38. The molecule has 0 saturated carbocycles. The second-order valence-corrected chi connectivity index (χ2v) is 9.73. The fourth-order valence-corrected chi connectivity index (χ4v) is 4.31. The van der Waals surface area contributed by atoms with Gasteiger partial charge in [0.15, 0.2) is 11.5 Å². The van der Waals surface area contributed by atoms with Crippen molar-refractivity contribution in [1.82, 2.24) is 10.2 Å². The van der Waals surface area contributed by atoms with Crippen molar-refractivity contribution in [1.29, 1.82) is 0 Å². The van der Waals surface area contributed by atoms with E-state index in [4.69, 9.17) is 21.7 Å². The molecule has 0 unspecified atom stereocenters. The standard InChI is InChI=1S/C22H30N2O4S2/c1-22(2,3)23-19(25)9-7-6-8-12-24-20(26)18(30-21(24)29)14-15-10-11-16(27-4)17(13-15)28-5/h10-11,13-14H,6-9,12H2,1-5H3,(H,23,25). The lowest BCUT2D eigenvalue weighted by atomic mass is 10.1.